The highest BCUT2D eigenvalue weighted by Crippen LogP contribution is 2.29. The number of rotatable bonds is 4. The van der Waals surface area contributed by atoms with E-state index in [9.17, 15) is 14.4 Å². The van der Waals surface area contributed by atoms with Crippen LogP contribution in [0.15, 0.2) is 72.8 Å². The Bertz CT molecular complexity index is 1120. The molecule has 5 heteroatoms. The van der Waals surface area contributed by atoms with Crippen molar-refractivity contribution in [1.29, 1.82) is 0 Å². The van der Waals surface area contributed by atoms with Crippen molar-refractivity contribution in [3.63, 3.8) is 0 Å². The number of imide groups is 1. The van der Waals surface area contributed by atoms with Crippen LogP contribution < -0.4 is 4.90 Å². The van der Waals surface area contributed by atoms with Crippen LogP contribution in [0.5, 0.6) is 0 Å². The van der Waals surface area contributed by atoms with Gasteiger partial charge < -0.3 is 5.11 Å². The first-order valence-corrected chi connectivity index (χ1v) is 8.64. The standard InChI is InChI=1S/C23H15NO4/c25-21-19-13-10-17(23(27)28)14-20(19)22(26)24(21)18-11-8-16(9-12-18)7-6-15-4-2-1-3-5-15/h1-14H,(H,27,28)/b7-6-. The lowest BCUT2D eigenvalue weighted by Crippen LogP contribution is -2.29. The first-order valence-electron chi connectivity index (χ1n) is 8.64. The second-order valence-electron chi connectivity index (χ2n) is 6.35. The predicted octanol–water partition coefficient (Wildman–Crippen LogP) is 4.36. The van der Waals surface area contributed by atoms with Gasteiger partial charge in [0, 0.05) is 0 Å². The number of hydrogen-bond acceptors (Lipinski definition) is 3. The summed E-state index contributed by atoms with van der Waals surface area (Å²) in [5.41, 5.74) is 2.74. The van der Waals surface area contributed by atoms with Gasteiger partial charge in [-0.2, -0.15) is 0 Å². The van der Waals surface area contributed by atoms with Crippen LogP contribution in [0.1, 0.15) is 42.2 Å². The number of hydrogen-bond donors (Lipinski definition) is 1. The molecule has 5 nitrogen and oxygen atoms in total. The summed E-state index contributed by atoms with van der Waals surface area (Å²) in [5.74, 6) is -2.11. The Labute approximate surface area is 161 Å². The van der Waals surface area contributed by atoms with Crippen molar-refractivity contribution < 1.29 is 19.5 Å². The topological polar surface area (TPSA) is 74.7 Å². The average molecular weight is 369 g/mol. The summed E-state index contributed by atoms with van der Waals surface area (Å²) in [7, 11) is 0. The van der Waals surface area contributed by atoms with E-state index in [0.717, 1.165) is 16.0 Å². The number of carboxylic acid groups (broad SMARTS) is 1. The number of carbonyl (C=O) groups excluding carboxylic acids is 2. The lowest BCUT2D eigenvalue weighted by atomic mass is 10.1. The zero-order chi connectivity index (χ0) is 19.7. The normalized spacial score (nSPS) is 13.2. The molecule has 1 aliphatic rings. The van der Waals surface area contributed by atoms with Crippen LogP contribution in [0.25, 0.3) is 12.2 Å². The maximum atomic E-state index is 12.7. The number of nitrogens with zero attached hydrogens (tertiary/aromatic N) is 1. The van der Waals surface area contributed by atoms with Crippen molar-refractivity contribution in [2.75, 3.05) is 4.90 Å². The van der Waals surface area contributed by atoms with E-state index >= 15 is 0 Å². The minimum Gasteiger partial charge on any atom is -0.478 e. The molecule has 0 aromatic heterocycles. The number of carboxylic acids is 1. The SMILES string of the molecule is O=C(O)c1ccc2c(c1)C(=O)N(c1ccc(/C=C\c3ccccc3)cc1)C2=O. The van der Waals surface area contributed by atoms with Crippen molar-refractivity contribution in [3.05, 3.63) is 101 Å². The van der Waals surface area contributed by atoms with E-state index in [1.165, 1.54) is 18.2 Å². The molecule has 0 aliphatic carbocycles. The molecule has 136 valence electrons. The van der Waals surface area contributed by atoms with E-state index in [0.29, 0.717) is 5.69 Å². The van der Waals surface area contributed by atoms with E-state index in [2.05, 4.69) is 0 Å². The van der Waals surface area contributed by atoms with Crippen LogP contribution >= 0.6 is 0 Å². The van der Waals surface area contributed by atoms with Crippen molar-refractivity contribution in [2.45, 2.75) is 0 Å². The summed E-state index contributed by atoms with van der Waals surface area (Å²) in [4.78, 5) is 37.5. The van der Waals surface area contributed by atoms with Gasteiger partial charge in [-0.05, 0) is 41.5 Å². The molecule has 0 fully saturated rings. The Morgan fingerprint density at radius 2 is 1.36 bits per heavy atom. The molecule has 1 heterocycles. The largest absolute Gasteiger partial charge is 0.478 e. The molecule has 0 saturated heterocycles. The van der Waals surface area contributed by atoms with Gasteiger partial charge in [-0.15, -0.1) is 0 Å². The number of fused-ring (bicyclic) bond motifs is 1. The lowest BCUT2D eigenvalue weighted by Gasteiger charge is -2.13. The van der Waals surface area contributed by atoms with E-state index in [1.54, 1.807) is 12.1 Å². The highest BCUT2D eigenvalue weighted by molar-refractivity contribution is 6.34. The van der Waals surface area contributed by atoms with E-state index in [-0.39, 0.29) is 16.7 Å². The quantitative estimate of drug-likeness (QED) is 0.548. The average Bonchev–Trinajstić information content (AvgIpc) is 2.97. The summed E-state index contributed by atoms with van der Waals surface area (Å²) in [5, 5.41) is 9.10. The second-order valence-corrected chi connectivity index (χ2v) is 6.35. The fourth-order valence-electron chi connectivity index (χ4n) is 3.10. The molecule has 0 saturated carbocycles. The molecule has 4 rings (SSSR count). The maximum Gasteiger partial charge on any atom is 0.335 e. The molecule has 0 radical (unpaired) electrons. The molecule has 1 N–H and O–H groups in total. The van der Waals surface area contributed by atoms with Gasteiger partial charge >= 0.3 is 5.97 Å². The summed E-state index contributed by atoms with van der Waals surface area (Å²) in [6, 6.07) is 20.9. The molecule has 0 spiro atoms. The van der Waals surface area contributed by atoms with Gasteiger partial charge in [0.25, 0.3) is 11.8 Å². The molecule has 0 atom stereocenters. The highest BCUT2D eigenvalue weighted by Gasteiger charge is 2.37. The summed E-state index contributed by atoms with van der Waals surface area (Å²) in [6.07, 6.45) is 3.92. The van der Waals surface area contributed by atoms with Crippen LogP contribution in [0.3, 0.4) is 0 Å². The van der Waals surface area contributed by atoms with E-state index < -0.39 is 17.8 Å². The Kier molecular flexibility index (Phi) is 4.33. The van der Waals surface area contributed by atoms with Gasteiger partial charge in [0.1, 0.15) is 0 Å². The van der Waals surface area contributed by atoms with Crippen molar-refractivity contribution in [1.82, 2.24) is 0 Å². The Hall–Kier alpha value is -3.99. The van der Waals surface area contributed by atoms with Crippen molar-refractivity contribution in [3.8, 4) is 0 Å². The monoisotopic (exact) mass is 369 g/mol. The second kappa shape index (κ2) is 6.96. The molecule has 3 aromatic carbocycles. The van der Waals surface area contributed by atoms with E-state index in [1.807, 2.05) is 54.6 Å². The first kappa shape index (κ1) is 17.4. The van der Waals surface area contributed by atoms with Crippen LogP contribution in [-0.2, 0) is 0 Å². The van der Waals surface area contributed by atoms with Gasteiger partial charge in [-0.1, -0.05) is 54.6 Å². The van der Waals surface area contributed by atoms with Crippen LogP contribution in [0.4, 0.5) is 5.69 Å². The number of carbonyl (C=O) groups is 3. The Morgan fingerprint density at radius 1 is 0.750 bits per heavy atom. The van der Waals surface area contributed by atoms with Crippen LogP contribution in [0, 0.1) is 0 Å². The van der Waals surface area contributed by atoms with Crippen LogP contribution in [0.2, 0.25) is 0 Å². The van der Waals surface area contributed by atoms with Crippen molar-refractivity contribution >= 4 is 35.6 Å². The number of benzene rings is 3. The number of anilines is 1. The molecular formula is C23H15NO4. The van der Waals surface area contributed by atoms with Gasteiger partial charge in [0.05, 0.1) is 22.4 Å². The fraction of sp³-hybridized carbons (Fsp3) is 0. The highest BCUT2D eigenvalue weighted by atomic mass is 16.4. The van der Waals surface area contributed by atoms with E-state index in [4.69, 9.17) is 5.11 Å². The Balaban J connectivity index is 1.59. The zero-order valence-corrected chi connectivity index (χ0v) is 14.7. The lowest BCUT2D eigenvalue weighted by molar-refractivity contribution is 0.0696. The van der Waals surface area contributed by atoms with Gasteiger partial charge in [0.15, 0.2) is 0 Å². The third-order valence-corrected chi connectivity index (χ3v) is 4.55. The third-order valence-electron chi connectivity index (χ3n) is 4.55. The maximum absolute atomic E-state index is 12.7. The van der Waals surface area contributed by atoms with Crippen LogP contribution in [-0.4, -0.2) is 22.9 Å². The van der Waals surface area contributed by atoms with Gasteiger partial charge in [0.2, 0.25) is 0 Å². The summed E-state index contributed by atoms with van der Waals surface area (Å²) >= 11 is 0. The molecule has 1 aliphatic heterocycles. The van der Waals surface area contributed by atoms with Crippen molar-refractivity contribution in [2.24, 2.45) is 0 Å². The Morgan fingerprint density at radius 3 is 2.00 bits per heavy atom. The zero-order valence-electron chi connectivity index (χ0n) is 14.7. The third kappa shape index (κ3) is 3.10. The summed E-state index contributed by atoms with van der Waals surface area (Å²) < 4.78 is 0. The molecule has 0 bridgehead atoms. The number of amides is 2. The molecule has 28 heavy (non-hydrogen) atoms. The number of aromatic carboxylic acids is 1. The smallest absolute Gasteiger partial charge is 0.335 e. The molecule has 3 aromatic rings. The minimum atomic E-state index is -1.14. The van der Waals surface area contributed by atoms with Gasteiger partial charge in [-0.25, -0.2) is 9.69 Å². The van der Waals surface area contributed by atoms with Gasteiger partial charge in [-0.3, -0.25) is 9.59 Å². The molecule has 2 amide bonds. The molecular weight excluding hydrogens is 354 g/mol. The predicted molar refractivity (Wildman–Crippen MR) is 106 cm³/mol. The fourth-order valence-corrected chi connectivity index (χ4v) is 3.10. The first-order chi connectivity index (χ1) is 13.5. The summed E-state index contributed by atoms with van der Waals surface area (Å²) in [6.45, 7) is 0. The molecule has 0 unspecified atom stereocenters. The minimum absolute atomic E-state index is 0.0249.